The van der Waals surface area contributed by atoms with Crippen molar-refractivity contribution >= 4 is 23.3 Å². The lowest BCUT2D eigenvalue weighted by Gasteiger charge is -2.38. The second-order valence-electron chi connectivity index (χ2n) is 6.73. The molecule has 0 unspecified atom stereocenters. The number of hydrogen-bond donors (Lipinski definition) is 1. The normalized spacial score (nSPS) is 20.2. The predicted octanol–water partition coefficient (Wildman–Crippen LogP) is 3.56. The third-order valence-corrected chi connectivity index (χ3v) is 5.04. The lowest BCUT2D eigenvalue weighted by Crippen LogP contribution is -2.48. The number of methoxy groups -OCH3 is 1. The van der Waals surface area contributed by atoms with Crippen LogP contribution < -0.4 is 5.32 Å². The third kappa shape index (κ3) is 4.30. The van der Waals surface area contributed by atoms with Crippen LogP contribution in [0.5, 0.6) is 0 Å². The number of hydrogen-bond acceptors (Lipinski definition) is 4. The maximum absolute atomic E-state index is 13.2. The minimum atomic E-state index is -4.48. The van der Waals surface area contributed by atoms with E-state index in [2.05, 4.69) is 5.32 Å². The van der Waals surface area contributed by atoms with Crippen LogP contribution in [-0.2, 0) is 20.4 Å². The summed E-state index contributed by atoms with van der Waals surface area (Å²) in [5.41, 5.74) is 0.379. The Hall–Kier alpha value is -2.13. The number of benzene rings is 1. The molecule has 1 aromatic rings. The SMILES string of the molecule is COCCOC(=O)C1=C(C)N(C2CC2)C(=S)N[C@H]1c1cccc(C(F)(F)F)c1. The Morgan fingerprint density at radius 2 is 2.04 bits per heavy atom. The highest BCUT2D eigenvalue weighted by atomic mass is 32.1. The Labute approximate surface area is 166 Å². The molecule has 1 aliphatic heterocycles. The first-order valence-electron chi connectivity index (χ1n) is 8.87. The Morgan fingerprint density at radius 3 is 2.64 bits per heavy atom. The molecule has 28 heavy (non-hydrogen) atoms. The summed E-state index contributed by atoms with van der Waals surface area (Å²) in [5.74, 6) is -0.599. The maximum Gasteiger partial charge on any atom is 0.416 e. The van der Waals surface area contributed by atoms with Gasteiger partial charge in [-0.15, -0.1) is 0 Å². The van der Waals surface area contributed by atoms with Crippen molar-refractivity contribution in [3.05, 3.63) is 46.7 Å². The Balaban J connectivity index is 2.00. The highest BCUT2D eigenvalue weighted by Crippen LogP contribution is 2.39. The van der Waals surface area contributed by atoms with E-state index < -0.39 is 23.8 Å². The predicted molar refractivity (Wildman–Crippen MR) is 100 cm³/mol. The van der Waals surface area contributed by atoms with E-state index in [-0.39, 0.29) is 24.8 Å². The summed E-state index contributed by atoms with van der Waals surface area (Å²) in [7, 11) is 1.49. The van der Waals surface area contributed by atoms with Gasteiger partial charge in [-0.1, -0.05) is 12.1 Å². The van der Waals surface area contributed by atoms with Gasteiger partial charge >= 0.3 is 12.1 Å². The molecule has 0 spiro atoms. The number of allylic oxidation sites excluding steroid dienone is 1. The van der Waals surface area contributed by atoms with Crippen molar-refractivity contribution < 1.29 is 27.4 Å². The van der Waals surface area contributed by atoms with Gasteiger partial charge in [0.2, 0.25) is 0 Å². The fraction of sp³-hybridized carbons (Fsp3) is 0.474. The number of carbonyl (C=O) groups is 1. The number of nitrogens with one attached hydrogen (secondary N) is 1. The minimum absolute atomic E-state index is 0.0509. The third-order valence-electron chi connectivity index (χ3n) is 4.73. The number of alkyl halides is 3. The summed E-state index contributed by atoms with van der Waals surface area (Å²) in [6.45, 7) is 2.03. The van der Waals surface area contributed by atoms with Crippen molar-refractivity contribution in [2.75, 3.05) is 20.3 Å². The van der Waals surface area contributed by atoms with Gasteiger partial charge in [0.25, 0.3) is 0 Å². The molecular weight excluding hydrogens is 393 g/mol. The molecule has 152 valence electrons. The smallest absolute Gasteiger partial charge is 0.416 e. The quantitative estimate of drug-likeness (QED) is 0.436. The van der Waals surface area contributed by atoms with Crippen LogP contribution in [0.25, 0.3) is 0 Å². The zero-order valence-corrected chi connectivity index (χ0v) is 16.3. The number of nitrogens with zero attached hydrogens (tertiary/aromatic N) is 1. The topological polar surface area (TPSA) is 50.8 Å². The fourth-order valence-electron chi connectivity index (χ4n) is 3.23. The van der Waals surface area contributed by atoms with Gasteiger partial charge in [0, 0.05) is 18.8 Å². The molecule has 0 saturated heterocycles. The molecule has 1 aromatic carbocycles. The summed E-state index contributed by atoms with van der Waals surface area (Å²) < 4.78 is 49.6. The van der Waals surface area contributed by atoms with E-state index in [1.165, 1.54) is 19.2 Å². The van der Waals surface area contributed by atoms with Crippen LogP contribution in [-0.4, -0.2) is 42.3 Å². The first kappa shape index (κ1) is 20.6. The van der Waals surface area contributed by atoms with Crippen molar-refractivity contribution in [2.45, 2.75) is 38.0 Å². The van der Waals surface area contributed by atoms with Crippen LogP contribution in [0.2, 0.25) is 0 Å². The van der Waals surface area contributed by atoms with E-state index >= 15 is 0 Å². The highest BCUT2D eigenvalue weighted by Gasteiger charge is 2.41. The van der Waals surface area contributed by atoms with Gasteiger partial charge in [-0.05, 0) is 49.7 Å². The van der Waals surface area contributed by atoms with Gasteiger partial charge in [-0.3, -0.25) is 0 Å². The molecule has 1 saturated carbocycles. The monoisotopic (exact) mass is 414 g/mol. The summed E-state index contributed by atoms with van der Waals surface area (Å²) in [5, 5.41) is 3.43. The summed E-state index contributed by atoms with van der Waals surface area (Å²) in [6, 6.07) is 4.26. The largest absolute Gasteiger partial charge is 0.460 e. The second-order valence-corrected chi connectivity index (χ2v) is 7.12. The van der Waals surface area contributed by atoms with Crippen LogP contribution in [0.15, 0.2) is 35.5 Å². The van der Waals surface area contributed by atoms with Crippen molar-refractivity contribution in [1.29, 1.82) is 0 Å². The molecule has 0 amide bonds. The molecule has 3 rings (SSSR count). The molecule has 1 N–H and O–H groups in total. The van der Waals surface area contributed by atoms with E-state index in [0.717, 1.165) is 25.0 Å². The van der Waals surface area contributed by atoms with E-state index in [4.69, 9.17) is 21.7 Å². The first-order valence-corrected chi connectivity index (χ1v) is 9.28. The Kier molecular flexibility index (Phi) is 5.95. The average molecular weight is 414 g/mol. The number of halogens is 3. The molecule has 0 aromatic heterocycles. The van der Waals surface area contributed by atoms with E-state index in [1.54, 1.807) is 6.92 Å². The van der Waals surface area contributed by atoms with Crippen LogP contribution in [0.4, 0.5) is 13.2 Å². The molecule has 0 bridgehead atoms. The van der Waals surface area contributed by atoms with Crippen LogP contribution >= 0.6 is 12.2 Å². The van der Waals surface area contributed by atoms with Gasteiger partial charge in [-0.2, -0.15) is 13.2 Å². The van der Waals surface area contributed by atoms with Crippen molar-refractivity contribution in [1.82, 2.24) is 10.2 Å². The number of esters is 1. The Bertz CT molecular complexity index is 806. The maximum atomic E-state index is 13.2. The van der Waals surface area contributed by atoms with Crippen molar-refractivity contribution in [3.63, 3.8) is 0 Å². The number of ether oxygens (including phenoxy) is 2. The van der Waals surface area contributed by atoms with E-state index in [1.807, 2.05) is 4.90 Å². The van der Waals surface area contributed by atoms with Gasteiger partial charge in [0.1, 0.15) is 6.61 Å². The summed E-state index contributed by atoms with van der Waals surface area (Å²) >= 11 is 5.44. The average Bonchev–Trinajstić information content (AvgIpc) is 3.45. The number of carbonyl (C=O) groups excluding carboxylic acids is 1. The zero-order valence-electron chi connectivity index (χ0n) is 15.5. The lowest BCUT2D eigenvalue weighted by atomic mass is 9.93. The zero-order chi connectivity index (χ0) is 20.5. The van der Waals surface area contributed by atoms with Gasteiger partial charge in [0.05, 0.1) is 23.8 Å². The van der Waals surface area contributed by atoms with Crippen molar-refractivity contribution in [3.8, 4) is 0 Å². The summed E-state index contributed by atoms with van der Waals surface area (Å²) in [4.78, 5) is 14.6. The molecule has 0 radical (unpaired) electrons. The lowest BCUT2D eigenvalue weighted by molar-refractivity contribution is -0.141. The van der Waals surface area contributed by atoms with Crippen LogP contribution in [0.1, 0.15) is 36.9 Å². The van der Waals surface area contributed by atoms with Gasteiger partial charge in [-0.25, -0.2) is 4.79 Å². The minimum Gasteiger partial charge on any atom is -0.460 e. The molecule has 9 heteroatoms. The highest BCUT2D eigenvalue weighted by molar-refractivity contribution is 7.80. The standard InChI is InChI=1S/C19H21F3N2O3S/c1-11-15(17(25)27-9-8-26-2)16(23-18(28)24(11)14-6-7-14)12-4-3-5-13(10-12)19(20,21)22/h3-5,10,14,16H,6-9H2,1-2H3,(H,23,28)/t16-/m0/s1. The number of rotatable bonds is 6. The fourth-order valence-corrected chi connectivity index (χ4v) is 3.64. The van der Waals surface area contributed by atoms with Crippen LogP contribution in [0.3, 0.4) is 0 Å². The first-order chi connectivity index (χ1) is 13.2. The van der Waals surface area contributed by atoms with Crippen molar-refractivity contribution in [2.24, 2.45) is 0 Å². The van der Waals surface area contributed by atoms with E-state index in [0.29, 0.717) is 16.4 Å². The number of thiocarbonyl (C=S) groups is 1. The molecule has 5 nitrogen and oxygen atoms in total. The van der Waals surface area contributed by atoms with Gasteiger partial charge < -0.3 is 19.7 Å². The van der Waals surface area contributed by atoms with Gasteiger partial charge in [0.15, 0.2) is 5.11 Å². The van der Waals surface area contributed by atoms with E-state index in [9.17, 15) is 18.0 Å². The molecule has 1 atom stereocenters. The molecule has 1 aliphatic carbocycles. The molecular formula is C19H21F3N2O3S. The van der Waals surface area contributed by atoms with Crippen LogP contribution in [0, 0.1) is 0 Å². The Morgan fingerprint density at radius 1 is 1.32 bits per heavy atom. The second kappa shape index (κ2) is 8.08. The molecule has 1 heterocycles. The molecule has 1 fully saturated rings. The summed E-state index contributed by atoms with van der Waals surface area (Å²) in [6.07, 6.45) is -2.60. The molecule has 2 aliphatic rings.